The summed E-state index contributed by atoms with van der Waals surface area (Å²) in [5.41, 5.74) is 2.44. The second kappa shape index (κ2) is 2.70. The molecule has 1 aliphatic rings. The van der Waals surface area contributed by atoms with Crippen LogP contribution >= 0.6 is 0 Å². The van der Waals surface area contributed by atoms with Crippen LogP contribution in [0.4, 0.5) is 0 Å². The number of fused-ring (bicyclic) bond motifs is 3. The highest BCUT2D eigenvalue weighted by Gasteiger charge is 2.23. The summed E-state index contributed by atoms with van der Waals surface area (Å²) in [6, 6.07) is 2.14. The Kier molecular flexibility index (Phi) is 1.48. The van der Waals surface area contributed by atoms with Crippen LogP contribution < -0.4 is 5.56 Å². The fourth-order valence-electron chi connectivity index (χ4n) is 2.26. The summed E-state index contributed by atoms with van der Waals surface area (Å²) in [7, 11) is 0. The third-order valence-corrected chi connectivity index (χ3v) is 2.86. The number of nitrogens with one attached hydrogen (secondary N) is 1. The SMILES string of the molecule is N#Cc1c2n(c3c(=O)[nH]cnc13)CCC2. The molecule has 5 heteroatoms. The molecule has 0 atom stereocenters. The van der Waals surface area contributed by atoms with Gasteiger partial charge in [-0.25, -0.2) is 4.98 Å². The average Bonchev–Trinajstić information content (AvgIpc) is 2.76. The van der Waals surface area contributed by atoms with Gasteiger partial charge in [-0.2, -0.15) is 5.26 Å². The molecule has 74 valence electrons. The van der Waals surface area contributed by atoms with Crippen molar-refractivity contribution in [3.63, 3.8) is 0 Å². The summed E-state index contributed by atoms with van der Waals surface area (Å²) in [6.45, 7) is 0.808. The molecule has 2 aromatic rings. The summed E-state index contributed by atoms with van der Waals surface area (Å²) >= 11 is 0. The molecule has 3 heterocycles. The summed E-state index contributed by atoms with van der Waals surface area (Å²) in [6.07, 6.45) is 3.20. The van der Waals surface area contributed by atoms with Crippen molar-refractivity contribution >= 4 is 11.0 Å². The molecule has 1 aliphatic heterocycles. The Balaban J connectivity index is 2.59. The molecule has 0 unspecified atom stereocenters. The third-order valence-electron chi connectivity index (χ3n) is 2.86. The monoisotopic (exact) mass is 200 g/mol. The molecule has 0 bridgehead atoms. The van der Waals surface area contributed by atoms with E-state index in [1.807, 2.05) is 4.57 Å². The van der Waals surface area contributed by atoms with Gasteiger partial charge < -0.3 is 9.55 Å². The lowest BCUT2D eigenvalue weighted by atomic mass is 10.2. The Morgan fingerprint density at radius 3 is 3.27 bits per heavy atom. The van der Waals surface area contributed by atoms with Crippen LogP contribution in [0.2, 0.25) is 0 Å². The summed E-state index contributed by atoms with van der Waals surface area (Å²) in [5, 5.41) is 9.06. The van der Waals surface area contributed by atoms with Crippen molar-refractivity contribution in [1.29, 1.82) is 5.26 Å². The Labute approximate surface area is 85.0 Å². The second-order valence-electron chi connectivity index (χ2n) is 3.62. The highest BCUT2D eigenvalue weighted by Crippen LogP contribution is 2.27. The van der Waals surface area contributed by atoms with E-state index < -0.39 is 0 Å². The van der Waals surface area contributed by atoms with Gasteiger partial charge in [0.05, 0.1) is 11.9 Å². The van der Waals surface area contributed by atoms with Crippen LogP contribution in [0.25, 0.3) is 11.0 Å². The van der Waals surface area contributed by atoms with E-state index in [0.29, 0.717) is 16.6 Å². The van der Waals surface area contributed by atoms with Crippen LogP contribution in [-0.2, 0) is 13.0 Å². The van der Waals surface area contributed by atoms with Crippen LogP contribution in [0.1, 0.15) is 17.7 Å². The maximum Gasteiger partial charge on any atom is 0.275 e. The molecule has 0 aromatic carbocycles. The van der Waals surface area contributed by atoms with Crippen LogP contribution in [0.5, 0.6) is 0 Å². The molecule has 0 amide bonds. The van der Waals surface area contributed by atoms with E-state index in [4.69, 9.17) is 5.26 Å². The number of H-pyrrole nitrogens is 1. The first-order chi connectivity index (χ1) is 7.33. The quantitative estimate of drug-likeness (QED) is 0.674. The van der Waals surface area contributed by atoms with Crippen LogP contribution in [0.3, 0.4) is 0 Å². The van der Waals surface area contributed by atoms with Gasteiger partial charge >= 0.3 is 0 Å². The van der Waals surface area contributed by atoms with Gasteiger partial charge in [-0.15, -0.1) is 0 Å². The van der Waals surface area contributed by atoms with E-state index in [0.717, 1.165) is 25.1 Å². The first kappa shape index (κ1) is 8.24. The van der Waals surface area contributed by atoms with Crippen molar-refractivity contribution in [1.82, 2.24) is 14.5 Å². The minimum atomic E-state index is -0.162. The molecule has 0 spiro atoms. The highest BCUT2D eigenvalue weighted by atomic mass is 16.1. The Hall–Kier alpha value is -2.09. The summed E-state index contributed by atoms with van der Waals surface area (Å²) in [4.78, 5) is 18.3. The van der Waals surface area contributed by atoms with Gasteiger partial charge in [-0.05, 0) is 12.8 Å². The van der Waals surface area contributed by atoms with Gasteiger partial charge in [0.25, 0.3) is 5.56 Å². The largest absolute Gasteiger partial charge is 0.337 e. The van der Waals surface area contributed by atoms with Crippen LogP contribution in [-0.4, -0.2) is 14.5 Å². The topological polar surface area (TPSA) is 74.5 Å². The lowest BCUT2D eigenvalue weighted by Crippen LogP contribution is -2.10. The fourth-order valence-corrected chi connectivity index (χ4v) is 2.26. The van der Waals surface area contributed by atoms with Crippen molar-refractivity contribution in [2.75, 3.05) is 0 Å². The average molecular weight is 200 g/mol. The number of nitriles is 1. The van der Waals surface area contributed by atoms with Crippen molar-refractivity contribution in [3.05, 3.63) is 27.9 Å². The normalized spacial score (nSPS) is 14.1. The Bertz CT molecular complexity index is 644. The van der Waals surface area contributed by atoms with E-state index in [-0.39, 0.29) is 5.56 Å². The molecule has 0 aliphatic carbocycles. The van der Waals surface area contributed by atoms with Gasteiger partial charge in [0, 0.05) is 12.2 Å². The molecule has 0 saturated heterocycles. The van der Waals surface area contributed by atoms with Gasteiger partial charge in [0.1, 0.15) is 17.1 Å². The molecule has 15 heavy (non-hydrogen) atoms. The molecule has 0 radical (unpaired) electrons. The second-order valence-corrected chi connectivity index (χ2v) is 3.62. The van der Waals surface area contributed by atoms with Gasteiger partial charge in [-0.3, -0.25) is 4.79 Å². The lowest BCUT2D eigenvalue weighted by Gasteiger charge is -1.96. The van der Waals surface area contributed by atoms with Crippen molar-refractivity contribution in [2.24, 2.45) is 0 Å². The van der Waals surface area contributed by atoms with E-state index >= 15 is 0 Å². The standard InChI is InChI=1S/C10H8N4O/c11-4-6-7-2-1-3-14(7)9-8(6)12-5-13-10(9)15/h5H,1-3H2,(H,12,13,15). The molecule has 1 N–H and O–H groups in total. The minimum Gasteiger partial charge on any atom is -0.337 e. The predicted octanol–water partition coefficient (Wildman–Crippen LogP) is 0.542. The zero-order valence-electron chi connectivity index (χ0n) is 7.95. The smallest absolute Gasteiger partial charge is 0.275 e. The number of aromatic amines is 1. The van der Waals surface area contributed by atoms with E-state index in [2.05, 4.69) is 16.0 Å². The maximum absolute atomic E-state index is 11.6. The molecule has 3 rings (SSSR count). The summed E-state index contributed by atoms with van der Waals surface area (Å²) in [5.74, 6) is 0. The van der Waals surface area contributed by atoms with E-state index in [1.54, 1.807) is 0 Å². The molecule has 2 aromatic heterocycles. The number of hydrogen-bond acceptors (Lipinski definition) is 3. The Morgan fingerprint density at radius 2 is 2.47 bits per heavy atom. The number of rotatable bonds is 0. The van der Waals surface area contributed by atoms with Crippen molar-refractivity contribution < 1.29 is 0 Å². The third kappa shape index (κ3) is 0.907. The maximum atomic E-state index is 11.6. The van der Waals surface area contributed by atoms with Crippen LogP contribution in [0, 0.1) is 11.3 Å². The number of aryl methyl sites for hydroxylation is 1. The van der Waals surface area contributed by atoms with Crippen molar-refractivity contribution in [3.8, 4) is 6.07 Å². The van der Waals surface area contributed by atoms with Crippen molar-refractivity contribution in [2.45, 2.75) is 19.4 Å². The molecular weight excluding hydrogens is 192 g/mol. The number of nitrogens with zero attached hydrogens (tertiary/aromatic N) is 3. The number of aromatic nitrogens is 3. The van der Waals surface area contributed by atoms with Crippen LogP contribution in [0.15, 0.2) is 11.1 Å². The predicted molar refractivity (Wildman–Crippen MR) is 53.4 cm³/mol. The molecule has 5 nitrogen and oxygen atoms in total. The lowest BCUT2D eigenvalue weighted by molar-refractivity contribution is 0.768. The molecular formula is C10H8N4O. The van der Waals surface area contributed by atoms with Gasteiger partial charge in [0.2, 0.25) is 0 Å². The molecule has 0 fully saturated rings. The van der Waals surface area contributed by atoms with E-state index in [1.165, 1.54) is 6.33 Å². The molecule has 0 saturated carbocycles. The van der Waals surface area contributed by atoms with Gasteiger partial charge in [-0.1, -0.05) is 0 Å². The highest BCUT2D eigenvalue weighted by molar-refractivity contribution is 5.83. The zero-order valence-corrected chi connectivity index (χ0v) is 7.95. The first-order valence-electron chi connectivity index (χ1n) is 4.82. The summed E-state index contributed by atoms with van der Waals surface area (Å²) < 4.78 is 1.92. The number of hydrogen-bond donors (Lipinski definition) is 1. The Morgan fingerprint density at radius 1 is 1.60 bits per heavy atom. The fraction of sp³-hybridized carbons (Fsp3) is 0.300. The van der Waals surface area contributed by atoms with Gasteiger partial charge in [0.15, 0.2) is 0 Å². The van der Waals surface area contributed by atoms with E-state index in [9.17, 15) is 4.79 Å². The minimum absolute atomic E-state index is 0.162. The first-order valence-corrected chi connectivity index (χ1v) is 4.82. The zero-order chi connectivity index (χ0) is 10.4.